The van der Waals surface area contributed by atoms with Crippen LogP contribution in [0.25, 0.3) is 0 Å². The van der Waals surface area contributed by atoms with Crippen LogP contribution < -0.4 is 5.32 Å². The van der Waals surface area contributed by atoms with Gasteiger partial charge < -0.3 is 15.3 Å². The summed E-state index contributed by atoms with van der Waals surface area (Å²) in [5, 5.41) is 11.9. The highest BCUT2D eigenvalue weighted by Gasteiger charge is 2.23. The topological polar surface area (TPSA) is 69.6 Å². The minimum atomic E-state index is -0.950. The van der Waals surface area contributed by atoms with E-state index in [1.807, 2.05) is 6.92 Å². The first kappa shape index (κ1) is 17.0. The Kier molecular flexibility index (Phi) is 5.76. The van der Waals surface area contributed by atoms with Crippen LogP contribution in [-0.4, -0.2) is 34.6 Å². The predicted octanol–water partition coefficient (Wildman–Crippen LogP) is 3.10. The van der Waals surface area contributed by atoms with Crippen LogP contribution >= 0.6 is 0 Å². The summed E-state index contributed by atoms with van der Waals surface area (Å²) in [5.74, 6) is -0.950. The number of hydrogen-bond donors (Lipinski definition) is 2. The number of carboxylic acid groups (broad SMARTS) is 1. The SMILES string of the molecule is CCC(C)(CC)NC(=O)N(C)Cc1ccc(C(=O)O)cc1. The molecule has 0 saturated carbocycles. The summed E-state index contributed by atoms with van der Waals surface area (Å²) < 4.78 is 0. The average Bonchev–Trinajstić information content (AvgIpc) is 2.47. The Morgan fingerprint density at radius 3 is 2.14 bits per heavy atom. The molecular formula is C16H24N2O3. The van der Waals surface area contributed by atoms with Crippen molar-refractivity contribution in [2.24, 2.45) is 0 Å². The molecule has 1 aromatic rings. The van der Waals surface area contributed by atoms with Gasteiger partial charge >= 0.3 is 12.0 Å². The lowest BCUT2D eigenvalue weighted by Gasteiger charge is -2.31. The molecule has 0 spiro atoms. The van der Waals surface area contributed by atoms with Gasteiger partial charge in [-0.3, -0.25) is 0 Å². The van der Waals surface area contributed by atoms with Crippen LogP contribution in [0.3, 0.4) is 0 Å². The molecule has 0 radical (unpaired) electrons. The molecule has 0 bridgehead atoms. The Hall–Kier alpha value is -2.04. The lowest BCUT2D eigenvalue weighted by atomic mass is 9.96. The highest BCUT2D eigenvalue weighted by atomic mass is 16.4. The van der Waals surface area contributed by atoms with Crippen LogP contribution in [0.4, 0.5) is 4.79 Å². The van der Waals surface area contributed by atoms with Gasteiger partial charge in [0.25, 0.3) is 0 Å². The first-order chi connectivity index (χ1) is 9.81. The number of carboxylic acids is 1. The zero-order valence-electron chi connectivity index (χ0n) is 13.1. The van der Waals surface area contributed by atoms with Gasteiger partial charge in [0.1, 0.15) is 0 Å². The standard InChI is InChI=1S/C16H24N2O3/c1-5-16(3,6-2)17-15(21)18(4)11-12-7-9-13(10-8-12)14(19)20/h7-10H,5-6,11H2,1-4H3,(H,17,21)(H,19,20). The van der Waals surface area contributed by atoms with Gasteiger partial charge in [-0.2, -0.15) is 0 Å². The summed E-state index contributed by atoms with van der Waals surface area (Å²) >= 11 is 0. The molecule has 5 heteroatoms. The maximum Gasteiger partial charge on any atom is 0.335 e. The largest absolute Gasteiger partial charge is 0.478 e. The summed E-state index contributed by atoms with van der Waals surface area (Å²) in [6.45, 7) is 6.57. The number of urea groups is 1. The van der Waals surface area contributed by atoms with E-state index in [2.05, 4.69) is 19.2 Å². The summed E-state index contributed by atoms with van der Waals surface area (Å²) in [4.78, 5) is 24.6. The number of amides is 2. The number of nitrogens with zero attached hydrogens (tertiary/aromatic N) is 1. The van der Waals surface area contributed by atoms with E-state index in [4.69, 9.17) is 5.11 Å². The number of carbonyl (C=O) groups excluding carboxylic acids is 1. The molecule has 0 unspecified atom stereocenters. The number of benzene rings is 1. The third-order valence-corrected chi connectivity index (χ3v) is 3.94. The normalized spacial score (nSPS) is 11.0. The second-order valence-electron chi connectivity index (χ2n) is 5.56. The fraction of sp³-hybridized carbons (Fsp3) is 0.500. The van der Waals surface area contributed by atoms with Crippen molar-refractivity contribution < 1.29 is 14.7 Å². The van der Waals surface area contributed by atoms with Crippen LogP contribution in [0, 0.1) is 0 Å². The lowest BCUT2D eigenvalue weighted by molar-refractivity contribution is 0.0696. The van der Waals surface area contributed by atoms with E-state index in [9.17, 15) is 9.59 Å². The number of nitrogens with one attached hydrogen (secondary N) is 1. The summed E-state index contributed by atoms with van der Waals surface area (Å²) in [5.41, 5.74) is 0.946. The molecule has 0 atom stereocenters. The second kappa shape index (κ2) is 7.11. The van der Waals surface area contributed by atoms with Crippen LogP contribution in [0.1, 0.15) is 49.5 Å². The summed E-state index contributed by atoms with van der Waals surface area (Å²) in [7, 11) is 1.73. The van der Waals surface area contributed by atoms with Crippen molar-refractivity contribution in [1.29, 1.82) is 0 Å². The number of carbonyl (C=O) groups is 2. The lowest BCUT2D eigenvalue weighted by Crippen LogP contribution is -2.49. The van der Waals surface area contributed by atoms with Crippen LogP contribution in [0.15, 0.2) is 24.3 Å². The van der Waals surface area contributed by atoms with Crippen LogP contribution in [0.5, 0.6) is 0 Å². The molecule has 0 heterocycles. The molecule has 2 amide bonds. The Morgan fingerprint density at radius 2 is 1.71 bits per heavy atom. The molecule has 5 nitrogen and oxygen atoms in total. The van der Waals surface area contributed by atoms with E-state index in [1.165, 1.54) is 0 Å². The van der Waals surface area contributed by atoms with E-state index in [0.29, 0.717) is 6.54 Å². The zero-order valence-corrected chi connectivity index (χ0v) is 13.1. The molecule has 21 heavy (non-hydrogen) atoms. The van der Waals surface area contributed by atoms with Crippen molar-refractivity contribution >= 4 is 12.0 Å². The second-order valence-corrected chi connectivity index (χ2v) is 5.56. The summed E-state index contributed by atoms with van der Waals surface area (Å²) in [6.07, 6.45) is 1.74. The van der Waals surface area contributed by atoms with Gasteiger partial charge in [0.2, 0.25) is 0 Å². The third kappa shape index (κ3) is 4.77. The molecule has 0 saturated heterocycles. The first-order valence-corrected chi connectivity index (χ1v) is 7.17. The van der Waals surface area contributed by atoms with Gasteiger partial charge in [-0.05, 0) is 37.5 Å². The van der Waals surface area contributed by atoms with Crippen molar-refractivity contribution in [1.82, 2.24) is 10.2 Å². The maximum atomic E-state index is 12.2. The van der Waals surface area contributed by atoms with Gasteiger partial charge in [-0.25, -0.2) is 9.59 Å². The van der Waals surface area contributed by atoms with Gasteiger partial charge in [-0.15, -0.1) is 0 Å². The Morgan fingerprint density at radius 1 is 1.19 bits per heavy atom. The smallest absolute Gasteiger partial charge is 0.335 e. The quantitative estimate of drug-likeness (QED) is 0.846. The molecule has 0 aromatic heterocycles. The van der Waals surface area contributed by atoms with Crippen molar-refractivity contribution in [3.63, 3.8) is 0 Å². The monoisotopic (exact) mass is 292 g/mol. The van der Waals surface area contributed by atoms with Gasteiger partial charge in [0, 0.05) is 19.1 Å². The number of aromatic carboxylic acids is 1. The van der Waals surface area contributed by atoms with Crippen LogP contribution in [0.2, 0.25) is 0 Å². The summed E-state index contributed by atoms with van der Waals surface area (Å²) in [6, 6.07) is 6.43. The van der Waals surface area contributed by atoms with Crippen molar-refractivity contribution in [2.45, 2.75) is 45.7 Å². The zero-order chi connectivity index (χ0) is 16.0. The highest BCUT2D eigenvalue weighted by Crippen LogP contribution is 2.14. The minimum Gasteiger partial charge on any atom is -0.478 e. The van der Waals surface area contributed by atoms with E-state index < -0.39 is 5.97 Å². The molecule has 1 rings (SSSR count). The predicted molar refractivity (Wildman–Crippen MR) is 82.4 cm³/mol. The fourth-order valence-electron chi connectivity index (χ4n) is 1.88. The van der Waals surface area contributed by atoms with Crippen molar-refractivity contribution in [3.05, 3.63) is 35.4 Å². The molecule has 1 aromatic carbocycles. The average molecular weight is 292 g/mol. The fourth-order valence-corrected chi connectivity index (χ4v) is 1.88. The van der Waals surface area contributed by atoms with Crippen molar-refractivity contribution in [3.8, 4) is 0 Å². The van der Waals surface area contributed by atoms with Gasteiger partial charge in [0.05, 0.1) is 5.56 Å². The number of rotatable bonds is 6. The van der Waals surface area contributed by atoms with E-state index in [-0.39, 0.29) is 17.1 Å². The van der Waals surface area contributed by atoms with Gasteiger partial charge in [-0.1, -0.05) is 26.0 Å². The minimum absolute atomic E-state index is 0.122. The van der Waals surface area contributed by atoms with E-state index in [0.717, 1.165) is 18.4 Å². The van der Waals surface area contributed by atoms with Crippen molar-refractivity contribution in [2.75, 3.05) is 7.05 Å². The Balaban J connectivity index is 2.65. The van der Waals surface area contributed by atoms with Crippen LogP contribution in [-0.2, 0) is 6.54 Å². The van der Waals surface area contributed by atoms with E-state index in [1.54, 1.807) is 36.2 Å². The molecular weight excluding hydrogens is 268 g/mol. The highest BCUT2D eigenvalue weighted by molar-refractivity contribution is 5.87. The molecule has 0 aliphatic heterocycles. The molecule has 2 N–H and O–H groups in total. The first-order valence-electron chi connectivity index (χ1n) is 7.17. The maximum absolute atomic E-state index is 12.2. The van der Waals surface area contributed by atoms with Gasteiger partial charge in [0.15, 0.2) is 0 Å². The molecule has 0 fully saturated rings. The molecule has 0 aliphatic rings. The van der Waals surface area contributed by atoms with E-state index >= 15 is 0 Å². The third-order valence-electron chi connectivity index (χ3n) is 3.94. The Labute approximate surface area is 126 Å². The molecule has 0 aliphatic carbocycles. The number of hydrogen-bond acceptors (Lipinski definition) is 2. The molecule has 116 valence electrons. The Bertz CT molecular complexity index is 493.